The number of amides is 1. The summed E-state index contributed by atoms with van der Waals surface area (Å²) in [5, 5.41) is 9.02. The second-order valence-electron chi connectivity index (χ2n) is 6.22. The normalized spacial score (nSPS) is 18.3. The van der Waals surface area contributed by atoms with E-state index in [9.17, 15) is 9.59 Å². The average molecular weight is 305 g/mol. The zero-order chi connectivity index (χ0) is 16.3. The fourth-order valence-electron chi connectivity index (χ4n) is 3.15. The molecule has 0 saturated carbocycles. The molecule has 1 aromatic carbocycles. The van der Waals surface area contributed by atoms with Crippen LogP contribution in [-0.2, 0) is 15.0 Å². The molecule has 22 heavy (non-hydrogen) atoms. The first-order valence-electron chi connectivity index (χ1n) is 7.54. The number of carbonyl (C=O) groups is 2. The van der Waals surface area contributed by atoms with Crippen molar-refractivity contribution in [3.05, 3.63) is 29.8 Å². The smallest absolute Gasteiger partial charge is 0.305 e. The predicted octanol–water partition coefficient (Wildman–Crippen LogP) is 2.44. The number of benzene rings is 1. The molecule has 1 atom stereocenters. The molecular weight excluding hydrogens is 282 g/mol. The minimum Gasteiger partial charge on any atom is -0.496 e. The number of likely N-dealkylation sites (tertiary alicyclic amines) is 1. The van der Waals surface area contributed by atoms with Crippen molar-refractivity contribution >= 4 is 11.9 Å². The summed E-state index contributed by atoms with van der Waals surface area (Å²) in [5.74, 6) is -0.227. The van der Waals surface area contributed by atoms with Crippen LogP contribution in [0.4, 0.5) is 0 Å². The zero-order valence-electron chi connectivity index (χ0n) is 13.3. The van der Waals surface area contributed by atoms with Gasteiger partial charge < -0.3 is 14.7 Å². The standard InChI is InChI=1S/C17H23NO4/c1-17(2,13-8-4-5-9-14(13)22-3)16(21)18-10-6-7-12(18)11-15(19)20/h4-5,8-9,12H,6-7,10-11H2,1-3H3,(H,19,20). The van der Waals surface area contributed by atoms with E-state index in [4.69, 9.17) is 9.84 Å². The number of carboxylic acids is 1. The molecule has 1 saturated heterocycles. The maximum absolute atomic E-state index is 13.0. The van der Waals surface area contributed by atoms with Gasteiger partial charge in [0.15, 0.2) is 0 Å². The Kier molecular flexibility index (Phi) is 4.74. The van der Waals surface area contributed by atoms with Crippen molar-refractivity contribution in [1.82, 2.24) is 4.90 Å². The number of rotatable bonds is 5. The number of hydrogen-bond donors (Lipinski definition) is 1. The Morgan fingerprint density at radius 1 is 1.36 bits per heavy atom. The van der Waals surface area contributed by atoms with Gasteiger partial charge in [-0.05, 0) is 32.8 Å². The quantitative estimate of drug-likeness (QED) is 0.907. The summed E-state index contributed by atoms with van der Waals surface area (Å²) in [7, 11) is 1.59. The molecule has 120 valence electrons. The fourth-order valence-corrected chi connectivity index (χ4v) is 3.15. The summed E-state index contributed by atoms with van der Waals surface area (Å²) in [5.41, 5.74) is 0.0664. The van der Waals surface area contributed by atoms with Crippen LogP contribution < -0.4 is 4.74 Å². The molecule has 0 radical (unpaired) electrons. The maximum Gasteiger partial charge on any atom is 0.305 e. The summed E-state index contributed by atoms with van der Waals surface area (Å²) < 4.78 is 5.37. The molecule has 5 nitrogen and oxygen atoms in total. The minimum atomic E-state index is -0.861. The van der Waals surface area contributed by atoms with Crippen LogP contribution in [0.25, 0.3) is 0 Å². The Morgan fingerprint density at radius 3 is 2.68 bits per heavy atom. The van der Waals surface area contributed by atoms with E-state index in [1.807, 2.05) is 38.1 Å². The Bertz CT molecular complexity index is 568. The number of ether oxygens (including phenoxy) is 1. The van der Waals surface area contributed by atoms with E-state index in [0.29, 0.717) is 12.3 Å². The summed E-state index contributed by atoms with van der Waals surface area (Å²) in [6.45, 7) is 4.35. The van der Waals surface area contributed by atoms with Gasteiger partial charge >= 0.3 is 5.97 Å². The molecule has 0 spiro atoms. The van der Waals surface area contributed by atoms with Crippen LogP contribution in [-0.4, -0.2) is 41.6 Å². The van der Waals surface area contributed by atoms with E-state index in [1.54, 1.807) is 12.0 Å². The number of methoxy groups -OCH3 is 1. The van der Waals surface area contributed by atoms with Gasteiger partial charge in [0.2, 0.25) is 5.91 Å². The Balaban J connectivity index is 2.28. The van der Waals surface area contributed by atoms with Gasteiger partial charge in [-0.3, -0.25) is 9.59 Å². The first-order valence-corrected chi connectivity index (χ1v) is 7.54. The highest BCUT2D eigenvalue weighted by molar-refractivity contribution is 5.89. The first-order chi connectivity index (χ1) is 10.4. The highest BCUT2D eigenvalue weighted by Crippen LogP contribution is 2.35. The Morgan fingerprint density at radius 2 is 2.05 bits per heavy atom. The topological polar surface area (TPSA) is 66.8 Å². The van der Waals surface area contributed by atoms with Gasteiger partial charge in [0.05, 0.1) is 18.9 Å². The molecule has 1 N–H and O–H groups in total. The third kappa shape index (κ3) is 3.08. The molecule has 1 unspecified atom stereocenters. The van der Waals surface area contributed by atoms with E-state index in [-0.39, 0.29) is 18.4 Å². The van der Waals surface area contributed by atoms with E-state index >= 15 is 0 Å². The van der Waals surface area contributed by atoms with Gasteiger partial charge in [-0.25, -0.2) is 0 Å². The van der Waals surface area contributed by atoms with Crippen molar-refractivity contribution in [3.8, 4) is 5.75 Å². The summed E-state index contributed by atoms with van der Waals surface area (Å²) in [4.78, 5) is 25.7. The number of para-hydroxylation sites is 1. The Hall–Kier alpha value is -2.04. The zero-order valence-corrected chi connectivity index (χ0v) is 13.3. The van der Waals surface area contributed by atoms with Crippen LogP contribution in [0, 0.1) is 0 Å². The van der Waals surface area contributed by atoms with E-state index in [0.717, 1.165) is 18.4 Å². The molecule has 1 aliphatic rings. The lowest BCUT2D eigenvalue weighted by molar-refractivity contribution is -0.141. The van der Waals surface area contributed by atoms with Crippen LogP contribution in [0.5, 0.6) is 5.75 Å². The molecule has 1 amide bonds. The van der Waals surface area contributed by atoms with Crippen molar-refractivity contribution in [2.75, 3.05) is 13.7 Å². The van der Waals surface area contributed by atoms with Gasteiger partial charge in [-0.2, -0.15) is 0 Å². The molecule has 0 aliphatic carbocycles. The molecule has 0 bridgehead atoms. The van der Waals surface area contributed by atoms with Crippen molar-refractivity contribution in [3.63, 3.8) is 0 Å². The lowest BCUT2D eigenvalue weighted by Crippen LogP contribution is -2.46. The Labute approximate surface area is 130 Å². The highest BCUT2D eigenvalue weighted by atomic mass is 16.5. The third-order valence-electron chi connectivity index (χ3n) is 4.36. The van der Waals surface area contributed by atoms with Gasteiger partial charge in [0.25, 0.3) is 0 Å². The largest absolute Gasteiger partial charge is 0.496 e. The van der Waals surface area contributed by atoms with Crippen LogP contribution in [0.2, 0.25) is 0 Å². The SMILES string of the molecule is COc1ccccc1C(C)(C)C(=O)N1CCCC1CC(=O)O. The molecule has 1 aliphatic heterocycles. The maximum atomic E-state index is 13.0. The molecule has 1 aromatic rings. The van der Waals surface area contributed by atoms with Crippen molar-refractivity contribution in [2.45, 2.75) is 44.6 Å². The summed E-state index contributed by atoms with van der Waals surface area (Å²) >= 11 is 0. The highest BCUT2D eigenvalue weighted by Gasteiger charge is 2.40. The molecule has 1 fully saturated rings. The molecule has 1 heterocycles. The molecule has 5 heteroatoms. The average Bonchev–Trinajstić information content (AvgIpc) is 2.93. The van der Waals surface area contributed by atoms with Crippen LogP contribution in [0.1, 0.15) is 38.7 Å². The van der Waals surface area contributed by atoms with Crippen molar-refractivity contribution < 1.29 is 19.4 Å². The van der Waals surface area contributed by atoms with E-state index in [2.05, 4.69) is 0 Å². The summed E-state index contributed by atoms with van der Waals surface area (Å²) in [6, 6.07) is 7.26. The van der Waals surface area contributed by atoms with Gasteiger partial charge in [0, 0.05) is 18.2 Å². The lowest BCUT2D eigenvalue weighted by atomic mass is 9.82. The van der Waals surface area contributed by atoms with Crippen LogP contribution in [0.15, 0.2) is 24.3 Å². The monoisotopic (exact) mass is 305 g/mol. The first kappa shape index (κ1) is 16.3. The number of carboxylic acid groups (broad SMARTS) is 1. The van der Waals surface area contributed by atoms with Gasteiger partial charge in [0.1, 0.15) is 5.75 Å². The van der Waals surface area contributed by atoms with Crippen molar-refractivity contribution in [1.29, 1.82) is 0 Å². The third-order valence-corrected chi connectivity index (χ3v) is 4.36. The number of aliphatic carboxylic acids is 1. The van der Waals surface area contributed by atoms with Crippen LogP contribution >= 0.6 is 0 Å². The lowest BCUT2D eigenvalue weighted by Gasteiger charge is -2.33. The number of hydrogen-bond acceptors (Lipinski definition) is 3. The second-order valence-corrected chi connectivity index (χ2v) is 6.22. The minimum absolute atomic E-state index is 0.00768. The molecular formula is C17H23NO4. The van der Waals surface area contributed by atoms with Crippen LogP contribution in [0.3, 0.4) is 0 Å². The number of nitrogens with zero attached hydrogens (tertiary/aromatic N) is 1. The fraction of sp³-hybridized carbons (Fsp3) is 0.529. The molecule has 0 aromatic heterocycles. The second kappa shape index (κ2) is 6.38. The van der Waals surface area contributed by atoms with Gasteiger partial charge in [-0.15, -0.1) is 0 Å². The summed E-state index contributed by atoms with van der Waals surface area (Å²) in [6.07, 6.45) is 1.61. The number of carbonyl (C=O) groups excluding carboxylic acids is 1. The van der Waals surface area contributed by atoms with E-state index in [1.165, 1.54) is 0 Å². The van der Waals surface area contributed by atoms with Gasteiger partial charge in [-0.1, -0.05) is 18.2 Å². The van der Waals surface area contributed by atoms with E-state index < -0.39 is 11.4 Å². The molecule has 2 rings (SSSR count). The van der Waals surface area contributed by atoms with Crippen molar-refractivity contribution in [2.24, 2.45) is 0 Å². The predicted molar refractivity (Wildman–Crippen MR) is 83.0 cm³/mol.